The molecule has 1 aliphatic rings. The Balaban J connectivity index is 1.67. The third-order valence-electron chi connectivity index (χ3n) is 4.03. The first-order valence-electron chi connectivity index (χ1n) is 7.83. The van der Waals surface area contributed by atoms with Crippen molar-refractivity contribution in [3.8, 4) is 0 Å². The number of hydrogen-bond donors (Lipinski definition) is 0. The maximum Gasteiger partial charge on any atom is 0.246 e. The zero-order chi connectivity index (χ0) is 18.7. The highest BCUT2D eigenvalue weighted by Gasteiger charge is 2.32. The fraction of sp³-hybridized carbons (Fsp3) is 0.235. The van der Waals surface area contributed by atoms with E-state index in [9.17, 15) is 13.2 Å². The Labute approximate surface area is 166 Å². The number of sulfonamides is 1. The molecular weight excluding hydrogens is 415 g/mol. The van der Waals surface area contributed by atoms with Crippen LogP contribution in [0.4, 0.5) is 0 Å². The fourth-order valence-electron chi connectivity index (χ4n) is 2.65. The van der Waals surface area contributed by atoms with Gasteiger partial charge in [0.25, 0.3) is 0 Å². The molecule has 9 heteroatoms. The van der Waals surface area contributed by atoms with Crippen LogP contribution in [0.25, 0.3) is 6.08 Å². The van der Waals surface area contributed by atoms with Crippen molar-refractivity contribution in [3.63, 3.8) is 0 Å². The number of carbonyl (C=O) groups is 1. The van der Waals surface area contributed by atoms with Crippen LogP contribution in [0.15, 0.2) is 46.0 Å². The summed E-state index contributed by atoms with van der Waals surface area (Å²) in [5, 5.41) is 4.07. The van der Waals surface area contributed by atoms with Crippen LogP contribution in [0, 0.1) is 0 Å². The first kappa shape index (κ1) is 19.4. The van der Waals surface area contributed by atoms with Crippen LogP contribution in [-0.4, -0.2) is 49.7 Å². The van der Waals surface area contributed by atoms with Crippen molar-refractivity contribution >= 4 is 56.5 Å². The minimum atomic E-state index is -3.81. The van der Waals surface area contributed by atoms with Gasteiger partial charge in [-0.05, 0) is 40.6 Å². The van der Waals surface area contributed by atoms with E-state index in [1.54, 1.807) is 28.4 Å². The van der Waals surface area contributed by atoms with Crippen molar-refractivity contribution in [2.24, 2.45) is 0 Å². The highest BCUT2D eigenvalue weighted by atomic mass is 35.5. The summed E-state index contributed by atoms with van der Waals surface area (Å²) in [6.45, 7) is 1.02. The van der Waals surface area contributed by atoms with Gasteiger partial charge in [-0.3, -0.25) is 4.79 Å². The molecule has 1 saturated heterocycles. The first-order chi connectivity index (χ1) is 12.4. The Morgan fingerprint density at radius 2 is 1.73 bits per heavy atom. The maximum atomic E-state index is 12.8. The topological polar surface area (TPSA) is 57.7 Å². The van der Waals surface area contributed by atoms with Gasteiger partial charge in [-0.1, -0.05) is 29.3 Å². The predicted octanol–water partition coefficient (Wildman–Crippen LogP) is 3.60. The SMILES string of the molecule is O=C(C=Cc1ccsc1)N1CCN(S(=O)(=O)c2c(Cl)cccc2Cl)CC1. The highest BCUT2D eigenvalue weighted by Crippen LogP contribution is 2.31. The van der Waals surface area contributed by atoms with Crippen molar-refractivity contribution in [1.82, 2.24) is 9.21 Å². The molecular formula is C17H16Cl2N2O3S2. The van der Waals surface area contributed by atoms with Gasteiger partial charge in [0.05, 0.1) is 10.0 Å². The molecule has 1 aromatic heterocycles. The molecule has 5 nitrogen and oxygen atoms in total. The van der Waals surface area contributed by atoms with Gasteiger partial charge in [-0.15, -0.1) is 0 Å². The van der Waals surface area contributed by atoms with Crippen LogP contribution < -0.4 is 0 Å². The molecule has 3 rings (SSSR count). The van der Waals surface area contributed by atoms with Gasteiger partial charge in [0.15, 0.2) is 0 Å². The molecule has 26 heavy (non-hydrogen) atoms. The summed E-state index contributed by atoms with van der Waals surface area (Å²) in [6, 6.07) is 6.51. The molecule has 0 radical (unpaired) electrons. The van der Waals surface area contributed by atoms with Crippen molar-refractivity contribution in [2.45, 2.75) is 4.90 Å². The van der Waals surface area contributed by atoms with E-state index >= 15 is 0 Å². The molecule has 0 saturated carbocycles. The number of benzene rings is 1. The average Bonchev–Trinajstić information content (AvgIpc) is 3.13. The van der Waals surface area contributed by atoms with E-state index in [2.05, 4.69) is 0 Å². The van der Waals surface area contributed by atoms with Crippen molar-refractivity contribution in [1.29, 1.82) is 0 Å². The number of piperazine rings is 1. The second-order valence-corrected chi connectivity index (χ2v) is 9.14. The van der Waals surface area contributed by atoms with Crippen LogP contribution in [-0.2, 0) is 14.8 Å². The number of rotatable bonds is 4. The molecule has 2 aromatic rings. The Kier molecular flexibility index (Phi) is 6.04. The summed E-state index contributed by atoms with van der Waals surface area (Å²) in [5.41, 5.74) is 0.970. The van der Waals surface area contributed by atoms with Crippen molar-refractivity contribution in [2.75, 3.05) is 26.2 Å². The summed E-state index contributed by atoms with van der Waals surface area (Å²) in [4.78, 5) is 13.8. The quantitative estimate of drug-likeness (QED) is 0.696. The van der Waals surface area contributed by atoms with Crippen LogP contribution in [0.3, 0.4) is 0 Å². The fourth-order valence-corrected chi connectivity index (χ4v) is 5.79. The summed E-state index contributed by atoms with van der Waals surface area (Å²) >= 11 is 13.6. The third kappa shape index (κ3) is 4.13. The minimum absolute atomic E-state index is 0.0829. The van der Waals surface area contributed by atoms with E-state index in [0.717, 1.165) is 5.56 Å². The lowest BCUT2D eigenvalue weighted by atomic mass is 10.3. The molecule has 138 valence electrons. The Morgan fingerprint density at radius 1 is 1.08 bits per heavy atom. The first-order valence-corrected chi connectivity index (χ1v) is 11.0. The zero-order valence-electron chi connectivity index (χ0n) is 13.6. The summed E-state index contributed by atoms with van der Waals surface area (Å²) in [7, 11) is -3.81. The highest BCUT2D eigenvalue weighted by molar-refractivity contribution is 7.89. The summed E-state index contributed by atoms with van der Waals surface area (Å²) in [5.74, 6) is -0.135. The number of halogens is 2. The van der Waals surface area contributed by atoms with Gasteiger partial charge in [0, 0.05) is 32.3 Å². The van der Waals surface area contributed by atoms with Gasteiger partial charge in [0.1, 0.15) is 4.90 Å². The molecule has 1 aliphatic heterocycles. The molecule has 1 amide bonds. The predicted molar refractivity (Wildman–Crippen MR) is 105 cm³/mol. The van der Waals surface area contributed by atoms with Gasteiger partial charge in [-0.25, -0.2) is 8.42 Å². The van der Waals surface area contributed by atoms with E-state index in [1.165, 1.54) is 22.5 Å². The van der Waals surface area contributed by atoms with Gasteiger partial charge < -0.3 is 4.90 Å². The Morgan fingerprint density at radius 3 is 2.31 bits per heavy atom. The van der Waals surface area contributed by atoms with Gasteiger partial charge in [-0.2, -0.15) is 15.6 Å². The zero-order valence-corrected chi connectivity index (χ0v) is 16.8. The van der Waals surface area contributed by atoms with E-state index in [0.29, 0.717) is 13.1 Å². The molecule has 1 aromatic carbocycles. The second-order valence-electron chi connectivity index (χ2n) is 5.67. The lowest BCUT2D eigenvalue weighted by molar-refractivity contribution is -0.127. The number of nitrogens with zero attached hydrogens (tertiary/aromatic N) is 2. The normalized spacial score (nSPS) is 16.3. The molecule has 0 N–H and O–H groups in total. The molecule has 0 bridgehead atoms. The lowest BCUT2D eigenvalue weighted by Gasteiger charge is -2.33. The minimum Gasteiger partial charge on any atom is -0.337 e. The molecule has 2 heterocycles. The molecule has 0 atom stereocenters. The third-order valence-corrected chi connectivity index (χ3v) is 7.58. The summed E-state index contributed by atoms with van der Waals surface area (Å²) in [6.07, 6.45) is 3.27. The maximum absolute atomic E-state index is 12.8. The Hall–Kier alpha value is -1.38. The van der Waals surface area contributed by atoms with Crippen LogP contribution in [0.5, 0.6) is 0 Å². The standard InChI is InChI=1S/C17H16Cl2N2O3S2/c18-14-2-1-3-15(19)17(14)26(23,24)21-9-7-20(8-10-21)16(22)5-4-13-6-11-25-12-13/h1-6,11-12H,7-10H2. The molecule has 0 unspecified atom stereocenters. The number of hydrogen-bond acceptors (Lipinski definition) is 4. The smallest absolute Gasteiger partial charge is 0.246 e. The lowest BCUT2D eigenvalue weighted by Crippen LogP contribution is -2.50. The van der Waals surface area contributed by atoms with E-state index in [-0.39, 0.29) is 33.9 Å². The average molecular weight is 431 g/mol. The van der Waals surface area contributed by atoms with Gasteiger partial charge >= 0.3 is 0 Å². The van der Waals surface area contributed by atoms with Gasteiger partial charge in [0.2, 0.25) is 15.9 Å². The second kappa shape index (κ2) is 8.10. The van der Waals surface area contributed by atoms with Crippen LogP contribution >= 0.6 is 34.5 Å². The number of amides is 1. The molecule has 1 fully saturated rings. The summed E-state index contributed by atoms with van der Waals surface area (Å²) < 4.78 is 27.0. The number of thiophene rings is 1. The molecule has 0 aliphatic carbocycles. The monoisotopic (exact) mass is 430 g/mol. The van der Waals surface area contributed by atoms with Crippen molar-refractivity contribution in [3.05, 3.63) is 56.7 Å². The van der Waals surface area contributed by atoms with E-state index in [1.807, 2.05) is 16.8 Å². The van der Waals surface area contributed by atoms with E-state index in [4.69, 9.17) is 23.2 Å². The molecule has 0 spiro atoms. The Bertz CT molecular complexity index is 899. The number of carbonyl (C=O) groups excluding carboxylic acids is 1. The van der Waals surface area contributed by atoms with E-state index < -0.39 is 10.0 Å². The van der Waals surface area contributed by atoms with Crippen LogP contribution in [0.2, 0.25) is 10.0 Å². The largest absolute Gasteiger partial charge is 0.337 e. The van der Waals surface area contributed by atoms with Crippen molar-refractivity contribution < 1.29 is 13.2 Å². The van der Waals surface area contributed by atoms with Crippen LogP contribution in [0.1, 0.15) is 5.56 Å².